The molecule has 1 fully saturated rings. The van der Waals surface area contributed by atoms with E-state index in [0.717, 1.165) is 6.54 Å². The molecular formula is C11H19N5O3. The fraction of sp³-hybridized carbons (Fsp3) is 0.727. The van der Waals surface area contributed by atoms with E-state index in [4.69, 9.17) is 4.74 Å². The minimum atomic E-state index is -0.387. The predicted molar refractivity (Wildman–Crippen MR) is 70.4 cm³/mol. The number of nitrogens with one attached hydrogen (secondary N) is 2. The molecule has 1 saturated heterocycles. The third-order valence-corrected chi connectivity index (χ3v) is 3.09. The summed E-state index contributed by atoms with van der Waals surface area (Å²) in [6.07, 6.45) is 0. The van der Waals surface area contributed by atoms with Gasteiger partial charge in [-0.3, -0.25) is 10.1 Å². The fourth-order valence-electron chi connectivity index (χ4n) is 2.17. The first kappa shape index (κ1) is 13.8. The monoisotopic (exact) mass is 269 g/mol. The van der Waals surface area contributed by atoms with E-state index < -0.39 is 0 Å². The van der Waals surface area contributed by atoms with Gasteiger partial charge in [-0.1, -0.05) is 0 Å². The van der Waals surface area contributed by atoms with Crippen LogP contribution in [0.3, 0.4) is 0 Å². The highest BCUT2D eigenvalue weighted by atomic mass is 16.6. The van der Waals surface area contributed by atoms with Crippen molar-refractivity contribution in [3.05, 3.63) is 15.8 Å². The predicted octanol–water partition coefficient (Wildman–Crippen LogP) is 0.520. The lowest BCUT2D eigenvalue weighted by atomic mass is 10.2. The molecule has 0 spiro atoms. The van der Waals surface area contributed by atoms with Crippen molar-refractivity contribution < 1.29 is 9.66 Å². The lowest BCUT2D eigenvalue weighted by Gasteiger charge is -2.24. The molecule has 0 aliphatic carbocycles. The van der Waals surface area contributed by atoms with E-state index in [1.54, 1.807) is 11.6 Å². The number of hydrogen-bond acceptors (Lipinski definition) is 6. The van der Waals surface area contributed by atoms with Crippen LogP contribution in [0.25, 0.3) is 0 Å². The van der Waals surface area contributed by atoms with E-state index in [9.17, 15) is 10.1 Å². The Bertz CT molecular complexity index is 453. The number of ether oxygens (including phenoxy) is 1. The van der Waals surface area contributed by atoms with Gasteiger partial charge in [0.05, 0.1) is 18.1 Å². The van der Waals surface area contributed by atoms with E-state index in [0.29, 0.717) is 37.8 Å². The molecule has 0 saturated carbocycles. The number of hydrogen-bond donors (Lipinski definition) is 2. The van der Waals surface area contributed by atoms with Crippen molar-refractivity contribution in [2.75, 3.05) is 31.6 Å². The summed E-state index contributed by atoms with van der Waals surface area (Å²) in [6.45, 7) is 6.85. The molecule has 106 valence electrons. The van der Waals surface area contributed by atoms with Gasteiger partial charge in [-0.15, -0.1) is 0 Å². The van der Waals surface area contributed by atoms with E-state index >= 15 is 0 Å². The first-order valence-electron chi connectivity index (χ1n) is 6.40. The lowest BCUT2D eigenvalue weighted by Crippen LogP contribution is -2.45. The molecule has 1 aromatic heterocycles. The van der Waals surface area contributed by atoms with Gasteiger partial charge in [-0.05, 0) is 13.8 Å². The van der Waals surface area contributed by atoms with Gasteiger partial charge in [0.25, 0.3) is 0 Å². The number of aromatic nitrogens is 2. The van der Waals surface area contributed by atoms with Crippen LogP contribution in [0.15, 0.2) is 0 Å². The van der Waals surface area contributed by atoms with Crippen LogP contribution in [0.2, 0.25) is 0 Å². The summed E-state index contributed by atoms with van der Waals surface area (Å²) in [5.74, 6) is 0.470. The summed E-state index contributed by atoms with van der Waals surface area (Å²) >= 11 is 0. The van der Waals surface area contributed by atoms with Crippen molar-refractivity contribution in [3.8, 4) is 0 Å². The van der Waals surface area contributed by atoms with Crippen molar-refractivity contribution in [1.82, 2.24) is 15.1 Å². The van der Waals surface area contributed by atoms with Crippen molar-refractivity contribution >= 4 is 11.5 Å². The molecule has 0 bridgehead atoms. The third-order valence-electron chi connectivity index (χ3n) is 3.09. The number of nitrogens with zero attached hydrogens (tertiary/aromatic N) is 3. The van der Waals surface area contributed by atoms with Crippen molar-refractivity contribution in [2.45, 2.75) is 26.4 Å². The lowest BCUT2D eigenvalue weighted by molar-refractivity contribution is -0.384. The molecule has 1 aromatic rings. The van der Waals surface area contributed by atoms with Crippen LogP contribution in [-0.4, -0.2) is 47.0 Å². The highest BCUT2D eigenvalue weighted by molar-refractivity contribution is 5.59. The summed E-state index contributed by atoms with van der Waals surface area (Å²) in [6, 6.07) is 0.161. The first-order chi connectivity index (χ1) is 9.13. The number of rotatable bonds is 5. The van der Waals surface area contributed by atoms with Gasteiger partial charge in [-0.25, -0.2) is 4.68 Å². The molecule has 2 N–H and O–H groups in total. The van der Waals surface area contributed by atoms with Gasteiger partial charge < -0.3 is 15.4 Å². The zero-order valence-corrected chi connectivity index (χ0v) is 11.2. The molecule has 0 radical (unpaired) electrons. The zero-order chi connectivity index (χ0) is 13.8. The summed E-state index contributed by atoms with van der Waals surface area (Å²) in [5, 5.41) is 21.7. The maximum Gasteiger partial charge on any atom is 0.333 e. The maximum atomic E-state index is 11.1. The molecule has 19 heavy (non-hydrogen) atoms. The van der Waals surface area contributed by atoms with E-state index in [1.807, 2.05) is 6.92 Å². The molecule has 1 unspecified atom stereocenters. The molecule has 0 amide bonds. The minimum absolute atomic E-state index is 0.0542. The highest BCUT2D eigenvalue weighted by Crippen LogP contribution is 2.27. The molecule has 2 rings (SSSR count). The second-order valence-corrected chi connectivity index (χ2v) is 4.46. The molecule has 8 nitrogen and oxygen atoms in total. The van der Waals surface area contributed by atoms with E-state index in [1.165, 1.54) is 0 Å². The van der Waals surface area contributed by atoms with Crippen LogP contribution in [0, 0.1) is 17.0 Å². The van der Waals surface area contributed by atoms with Gasteiger partial charge in [0, 0.05) is 25.7 Å². The van der Waals surface area contributed by atoms with Crippen molar-refractivity contribution in [1.29, 1.82) is 0 Å². The minimum Gasteiger partial charge on any atom is -0.378 e. The Morgan fingerprint density at radius 2 is 2.47 bits per heavy atom. The van der Waals surface area contributed by atoms with E-state index in [-0.39, 0.29) is 16.7 Å². The van der Waals surface area contributed by atoms with Crippen molar-refractivity contribution in [2.24, 2.45) is 0 Å². The largest absolute Gasteiger partial charge is 0.378 e. The topological polar surface area (TPSA) is 94.2 Å². The number of aryl methyl sites for hydroxylation is 2. The van der Waals surface area contributed by atoms with Crippen LogP contribution < -0.4 is 10.6 Å². The Balaban J connectivity index is 2.11. The second-order valence-electron chi connectivity index (χ2n) is 4.46. The van der Waals surface area contributed by atoms with Crippen LogP contribution in [0.4, 0.5) is 11.5 Å². The molecular weight excluding hydrogens is 250 g/mol. The summed E-state index contributed by atoms with van der Waals surface area (Å²) in [7, 11) is 0. The van der Waals surface area contributed by atoms with Crippen LogP contribution in [0.5, 0.6) is 0 Å². The molecule has 1 aliphatic rings. The average molecular weight is 269 g/mol. The van der Waals surface area contributed by atoms with Crippen molar-refractivity contribution in [3.63, 3.8) is 0 Å². The van der Waals surface area contributed by atoms with Gasteiger partial charge in [0.1, 0.15) is 5.69 Å². The standard InChI is InChI=1S/C11H19N5O3/c1-3-15-11(10(16(17)18)8(2)14-15)13-6-9-7-19-5-4-12-9/h9,12-13H,3-7H2,1-2H3. The number of morpholine rings is 1. The quantitative estimate of drug-likeness (QED) is 0.598. The maximum absolute atomic E-state index is 11.1. The molecule has 8 heteroatoms. The highest BCUT2D eigenvalue weighted by Gasteiger charge is 2.25. The Kier molecular flexibility index (Phi) is 4.33. The molecule has 0 aromatic carbocycles. The molecule has 1 atom stereocenters. The second kappa shape index (κ2) is 5.98. The SMILES string of the molecule is CCn1nc(C)c([N+](=O)[O-])c1NCC1COCCN1. The Morgan fingerprint density at radius 3 is 3.05 bits per heavy atom. The Hall–Kier alpha value is -1.67. The molecule has 2 heterocycles. The normalized spacial score (nSPS) is 19.4. The third kappa shape index (κ3) is 3.02. The molecule has 1 aliphatic heterocycles. The van der Waals surface area contributed by atoms with Gasteiger partial charge in [-0.2, -0.15) is 5.10 Å². The van der Waals surface area contributed by atoms with E-state index in [2.05, 4.69) is 15.7 Å². The number of nitro groups is 1. The Labute approximate surface area is 111 Å². The van der Waals surface area contributed by atoms with Gasteiger partial charge >= 0.3 is 5.69 Å². The summed E-state index contributed by atoms with van der Waals surface area (Å²) in [5.41, 5.74) is 0.487. The zero-order valence-electron chi connectivity index (χ0n) is 11.2. The van der Waals surface area contributed by atoms with Gasteiger partial charge in [0.2, 0.25) is 5.82 Å². The summed E-state index contributed by atoms with van der Waals surface area (Å²) < 4.78 is 6.97. The average Bonchev–Trinajstić information content (AvgIpc) is 2.73. The summed E-state index contributed by atoms with van der Waals surface area (Å²) in [4.78, 5) is 10.7. The fourth-order valence-corrected chi connectivity index (χ4v) is 2.17. The van der Waals surface area contributed by atoms with Crippen LogP contribution in [0.1, 0.15) is 12.6 Å². The van der Waals surface area contributed by atoms with Gasteiger partial charge in [0.15, 0.2) is 0 Å². The van der Waals surface area contributed by atoms with Crippen LogP contribution in [-0.2, 0) is 11.3 Å². The van der Waals surface area contributed by atoms with Crippen LogP contribution >= 0.6 is 0 Å². The smallest absolute Gasteiger partial charge is 0.333 e. The Morgan fingerprint density at radius 1 is 1.68 bits per heavy atom. The number of anilines is 1. The first-order valence-corrected chi connectivity index (χ1v) is 6.40.